The third-order valence-corrected chi connectivity index (χ3v) is 6.14. The molecular formula is C17H9F3N2O4S. The van der Waals surface area contributed by atoms with Crippen LogP contribution in [0.2, 0.25) is 0 Å². The van der Waals surface area contributed by atoms with E-state index in [1.54, 1.807) is 12.1 Å². The highest BCUT2D eigenvalue weighted by molar-refractivity contribution is 7.93. The molecule has 0 spiro atoms. The lowest BCUT2D eigenvalue weighted by Gasteiger charge is -2.25. The van der Waals surface area contributed by atoms with Crippen molar-refractivity contribution in [3.05, 3.63) is 52.8 Å². The quantitative estimate of drug-likeness (QED) is 0.838. The number of hydrogen-bond donors (Lipinski definition) is 1. The molecule has 0 saturated carbocycles. The standard InChI is InChI=1S/C17H9F3N2O4S/c1-16(23)15-12(8-22)13(2-3-14(15)27(24,25)17(16,19)20)26-11-5-9(7-21)4-10(18)6-11/h2-6,23H,1H3/t16-/m1/s1. The molecule has 10 heteroatoms. The molecule has 6 nitrogen and oxygen atoms in total. The minimum absolute atomic E-state index is 0.0919. The van der Waals surface area contributed by atoms with Gasteiger partial charge in [-0.1, -0.05) is 0 Å². The van der Waals surface area contributed by atoms with Gasteiger partial charge < -0.3 is 9.84 Å². The van der Waals surface area contributed by atoms with Gasteiger partial charge in [-0.05, 0) is 31.2 Å². The van der Waals surface area contributed by atoms with Crippen molar-refractivity contribution in [3.8, 4) is 23.6 Å². The van der Waals surface area contributed by atoms with Crippen LogP contribution in [0.5, 0.6) is 11.5 Å². The molecule has 0 saturated heterocycles. The number of nitriles is 2. The van der Waals surface area contributed by atoms with Crippen molar-refractivity contribution in [2.75, 3.05) is 0 Å². The third kappa shape index (κ3) is 2.46. The largest absolute Gasteiger partial charge is 0.456 e. The Morgan fingerprint density at radius 1 is 1.15 bits per heavy atom. The zero-order chi connectivity index (χ0) is 20.2. The van der Waals surface area contributed by atoms with Crippen LogP contribution in [0.1, 0.15) is 23.6 Å². The SMILES string of the molecule is C[C@@]1(O)c2c(ccc(Oc3cc(F)cc(C#N)c3)c2C#N)S(=O)(=O)C1(F)F. The monoisotopic (exact) mass is 394 g/mol. The molecule has 0 fully saturated rings. The van der Waals surface area contributed by atoms with E-state index >= 15 is 0 Å². The predicted molar refractivity (Wildman–Crippen MR) is 84.0 cm³/mol. The van der Waals surface area contributed by atoms with Gasteiger partial charge in [-0.25, -0.2) is 12.8 Å². The van der Waals surface area contributed by atoms with E-state index in [1.165, 1.54) is 0 Å². The van der Waals surface area contributed by atoms with Crippen LogP contribution < -0.4 is 4.74 Å². The van der Waals surface area contributed by atoms with Gasteiger partial charge in [-0.3, -0.25) is 0 Å². The number of fused-ring (bicyclic) bond motifs is 1. The molecule has 1 aliphatic heterocycles. The molecule has 138 valence electrons. The predicted octanol–water partition coefficient (Wildman–Crippen LogP) is 2.95. The summed E-state index contributed by atoms with van der Waals surface area (Å²) < 4.78 is 71.4. The summed E-state index contributed by atoms with van der Waals surface area (Å²) in [5, 5.41) is 23.9. The first kappa shape index (κ1) is 18.7. The fourth-order valence-electron chi connectivity index (χ4n) is 2.83. The summed E-state index contributed by atoms with van der Waals surface area (Å²) in [6.45, 7) is 0.580. The molecule has 0 amide bonds. The number of hydrogen-bond acceptors (Lipinski definition) is 6. The maximum Gasteiger partial charge on any atom is 0.381 e. The molecule has 0 bridgehead atoms. The number of sulfone groups is 1. The lowest BCUT2D eigenvalue weighted by molar-refractivity contribution is -0.115. The van der Waals surface area contributed by atoms with Crippen molar-refractivity contribution in [1.82, 2.24) is 0 Å². The van der Waals surface area contributed by atoms with Crippen LogP contribution in [0.25, 0.3) is 0 Å². The first-order chi connectivity index (χ1) is 12.5. The summed E-state index contributed by atoms with van der Waals surface area (Å²) in [6.07, 6.45) is 0. The molecule has 0 radical (unpaired) electrons. The zero-order valence-corrected chi connectivity index (χ0v) is 14.3. The van der Waals surface area contributed by atoms with Crippen LogP contribution in [0.15, 0.2) is 35.2 Å². The smallest absolute Gasteiger partial charge is 0.381 e. The normalized spacial score (nSPS) is 21.7. The number of alkyl halides is 2. The summed E-state index contributed by atoms with van der Waals surface area (Å²) in [6, 6.07) is 7.93. The van der Waals surface area contributed by atoms with Crippen molar-refractivity contribution in [3.63, 3.8) is 0 Å². The van der Waals surface area contributed by atoms with E-state index in [-0.39, 0.29) is 17.1 Å². The van der Waals surface area contributed by atoms with Gasteiger partial charge in [0.15, 0.2) is 5.60 Å². The van der Waals surface area contributed by atoms with Crippen LogP contribution in [-0.2, 0) is 15.4 Å². The van der Waals surface area contributed by atoms with Gasteiger partial charge in [0.25, 0.3) is 0 Å². The number of aliphatic hydroxyl groups is 1. The fraction of sp³-hybridized carbons (Fsp3) is 0.176. The second-order valence-corrected chi connectivity index (χ2v) is 7.86. The molecule has 0 unspecified atom stereocenters. The minimum atomic E-state index is -5.22. The lowest BCUT2D eigenvalue weighted by atomic mass is 9.91. The summed E-state index contributed by atoms with van der Waals surface area (Å²) in [5.41, 5.74) is -4.71. The van der Waals surface area contributed by atoms with E-state index in [4.69, 9.17) is 10.00 Å². The Hall–Kier alpha value is -3.08. The van der Waals surface area contributed by atoms with E-state index in [0.29, 0.717) is 6.92 Å². The number of benzene rings is 2. The molecule has 2 aromatic carbocycles. The molecule has 1 aliphatic rings. The molecule has 0 aliphatic carbocycles. The average Bonchev–Trinajstić information content (AvgIpc) is 2.69. The number of nitrogens with zero attached hydrogens (tertiary/aromatic N) is 2. The lowest BCUT2D eigenvalue weighted by Crippen LogP contribution is -2.42. The van der Waals surface area contributed by atoms with Gasteiger partial charge in [0.1, 0.15) is 28.9 Å². The van der Waals surface area contributed by atoms with Crippen LogP contribution >= 0.6 is 0 Å². The molecule has 0 aromatic heterocycles. The molecule has 2 aromatic rings. The topological polar surface area (TPSA) is 111 Å². The van der Waals surface area contributed by atoms with Gasteiger partial charge >= 0.3 is 5.25 Å². The van der Waals surface area contributed by atoms with Crippen molar-refractivity contribution in [2.45, 2.75) is 22.7 Å². The molecule has 1 N–H and O–H groups in total. The minimum Gasteiger partial charge on any atom is -0.456 e. The van der Waals surface area contributed by atoms with Crippen LogP contribution in [0.4, 0.5) is 13.2 Å². The highest BCUT2D eigenvalue weighted by atomic mass is 32.2. The molecule has 1 atom stereocenters. The van der Waals surface area contributed by atoms with Crippen molar-refractivity contribution < 1.29 is 31.4 Å². The maximum absolute atomic E-state index is 14.2. The first-order valence-electron chi connectivity index (χ1n) is 7.28. The number of ether oxygens (including phenoxy) is 1. The first-order valence-corrected chi connectivity index (χ1v) is 8.76. The van der Waals surface area contributed by atoms with Gasteiger partial charge in [0.2, 0.25) is 9.84 Å². The van der Waals surface area contributed by atoms with Gasteiger partial charge in [-0.15, -0.1) is 0 Å². The molecule has 27 heavy (non-hydrogen) atoms. The van der Waals surface area contributed by atoms with Crippen LogP contribution in [0.3, 0.4) is 0 Å². The van der Waals surface area contributed by atoms with Crippen molar-refractivity contribution in [1.29, 1.82) is 10.5 Å². The Morgan fingerprint density at radius 3 is 2.41 bits per heavy atom. The Morgan fingerprint density at radius 2 is 1.81 bits per heavy atom. The second-order valence-electron chi connectivity index (χ2n) is 5.91. The molecule has 1 heterocycles. The van der Waals surface area contributed by atoms with E-state index in [1.807, 2.05) is 0 Å². The van der Waals surface area contributed by atoms with E-state index in [0.717, 1.165) is 30.3 Å². The Balaban J connectivity index is 2.23. The van der Waals surface area contributed by atoms with E-state index in [9.17, 15) is 32.0 Å². The summed E-state index contributed by atoms with van der Waals surface area (Å²) >= 11 is 0. The fourth-order valence-corrected chi connectivity index (χ4v) is 4.54. The van der Waals surface area contributed by atoms with Crippen LogP contribution in [-0.4, -0.2) is 18.8 Å². The Labute approximate surface area is 151 Å². The van der Waals surface area contributed by atoms with Crippen molar-refractivity contribution >= 4 is 9.84 Å². The maximum atomic E-state index is 14.2. The average molecular weight is 394 g/mol. The van der Waals surface area contributed by atoms with E-state index < -0.39 is 42.5 Å². The van der Waals surface area contributed by atoms with Crippen LogP contribution in [0, 0.1) is 28.5 Å². The summed E-state index contributed by atoms with van der Waals surface area (Å²) in [4.78, 5) is -0.890. The summed E-state index contributed by atoms with van der Waals surface area (Å²) in [7, 11) is -5.22. The third-order valence-electron chi connectivity index (χ3n) is 4.15. The number of rotatable bonds is 2. The Kier molecular flexibility index (Phi) is 3.95. The highest BCUT2D eigenvalue weighted by Gasteiger charge is 2.68. The van der Waals surface area contributed by atoms with Gasteiger partial charge in [-0.2, -0.15) is 19.3 Å². The molecular weight excluding hydrogens is 385 g/mol. The van der Waals surface area contributed by atoms with Crippen molar-refractivity contribution in [2.24, 2.45) is 0 Å². The Bertz CT molecular complexity index is 1160. The van der Waals surface area contributed by atoms with Gasteiger partial charge in [0.05, 0.1) is 16.5 Å². The highest BCUT2D eigenvalue weighted by Crippen LogP contribution is 2.55. The number of halogens is 3. The summed E-state index contributed by atoms with van der Waals surface area (Å²) in [5.74, 6) is -1.40. The van der Waals surface area contributed by atoms with E-state index in [2.05, 4.69) is 0 Å². The molecule has 3 rings (SSSR count). The van der Waals surface area contributed by atoms with Gasteiger partial charge in [0, 0.05) is 11.6 Å². The zero-order valence-electron chi connectivity index (χ0n) is 13.5. The second kappa shape index (κ2) is 5.71.